The maximum Gasteiger partial charge on any atom is 0.348 e. The van der Waals surface area contributed by atoms with Crippen LogP contribution in [0.25, 0.3) is 16.6 Å². The molecule has 3 rings (SSSR count). The van der Waals surface area contributed by atoms with Crippen LogP contribution in [0.15, 0.2) is 23.0 Å². The van der Waals surface area contributed by atoms with Gasteiger partial charge in [0.2, 0.25) is 0 Å². The summed E-state index contributed by atoms with van der Waals surface area (Å²) < 4.78 is 14.2. The van der Waals surface area contributed by atoms with Crippen molar-refractivity contribution in [3.63, 3.8) is 0 Å². The molecule has 1 N–H and O–H groups in total. The fourth-order valence-corrected chi connectivity index (χ4v) is 1.71. The van der Waals surface area contributed by atoms with Crippen molar-refractivity contribution in [1.29, 1.82) is 0 Å². The molecule has 0 aliphatic rings. The fraction of sp³-hybridized carbons (Fsp3) is 0.100. The number of halogens is 1. The number of aromatic amines is 1. The van der Waals surface area contributed by atoms with Gasteiger partial charge in [0, 0.05) is 5.39 Å². The number of aromatic nitrogens is 4. The van der Waals surface area contributed by atoms with Crippen LogP contribution in [0, 0.1) is 12.7 Å². The Morgan fingerprint density at radius 1 is 1.44 bits per heavy atom. The monoisotopic (exact) mass is 218 g/mol. The minimum absolute atomic E-state index is 0.399. The van der Waals surface area contributed by atoms with Crippen molar-refractivity contribution in [2.45, 2.75) is 6.92 Å². The van der Waals surface area contributed by atoms with Crippen LogP contribution in [0.3, 0.4) is 0 Å². The summed E-state index contributed by atoms with van der Waals surface area (Å²) >= 11 is 0. The summed E-state index contributed by atoms with van der Waals surface area (Å²) in [6, 6.07) is 4.16. The van der Waals surface area contributed by atoms with Crippen molar-refractivity contribution < 1.29 is 4.39 Å². The van der Waals surface area contributed by atoms with Crippen LogP contribution < -0.4 is 5.69 Å². The normalized spacial score (nSPS) is 11.4. The molecule has 0 saturated heterocycles. The average Bonchev–Trinajstić information content (AvgIpc) is 2.60. The minimum atomic E-state index is -0.422. The van der Waals surface area contributed by atoms with Gasteiger partial charge in [-0.05, 0) is 25.1 Å². The Morgan fingerprint density at radius 3 is 3.06 bits per heavy atom. The SMILES string of the molecule is Cc1nc2c3ccc(F)cc3[nH]c(=O)n2n1. The Labute approximate surface area is 88.6 Å². The number of fused-ring (bicyclic) bond motifs is 3. The van der Waals surface area contributed by atoms with E-state index >= 15 is 0 Å². The lowest BCUT2D eigenvalue weighted by atomic mass is 10.2. The predicted octanol–water partition coefficient (Wildman–Crippen LogP) is 1.02. The molecule has 3 aromatic rings. The van der Waals surface area contributed by atoms with E-state index in [1.807, 2.05) is 0 Å². The molecule has 0 aliphatic heterocycles. The molecule has 0 atom stereocenters. The molecule has 0 aliphatic carbocycles. The van der Waals surface area contributed by atoms with Gasteiger partial charge in [-0.15, -0.1) is 5.10 Å². The highest BCUT2D eigenvalue weighted by molar-refractivity contribution is 5.90. The molecular weight excluding hydrogens is 211 g/mol. The van der Waals surface area contributed by atoms with Gasteiger partial charge in [-0.1, -0.05) is 0 Å². The highest BCUT2D eigenvalue weighted by Crippen LogP contribution is 2.15. The number of nitrogens with zero attached hydrogens (tertiary/aromatic N) is 3. The van der Waals surface area contributed by atoms with E-state index in [2.05, 4.69) is 15.1 Å². The van der Waals surface area contributed by atoms with Gasteiger partial charge in [0.25, 0.3) is 0 Å². The van der Waals surface area contributed by atoms with Gasteiger partial charge in [-0.25, -0.2) is 14.2 Å². The Bertz CT molecular complexity index is 758. The molecule has 0 radical (unpaired) electrons. The summed E-state index contributed by atoms with van der Waals surface area (Å²) in [5.41, 5.74) is 0.440. The van der Waals surface area contributed by atoms with Crippen LogP contribution in [-0.4, -0.2) is 19.6 Å². The number of H-pyrrole nitrogens is 1. The standard InChI is InChI=1S/C10H7FN4O/c1-5-12-9-7-3-2-6(11)4-8(7)13-10(16)15(9)14-5/h2-4H,1H3,(H,13,16). The molecule has 0 saturated carbocycles. The Morgan fingerprint density at radius 2 is 2.25 bits per heavy atom. The number of hydrogen-bond acceptors (Lipinski definition) is 3. The van der Waals surface area contributed by atoms with Crippen LogP contribution in [0.5, 0.6) is 0 Å². The number of benzene rings is 1. The molecule has 1 aromatic carbocycles. The largest absolute Gasteiger partial charge is 0.348 e. The molecule has 16 heavy (non-hydrogen) atoms. The lowest BCUT2D eigenvalue weighted by molar-refractivity contribution is 0.629. The quantitative estimate of drug-likeness (QED) is 0.612. The molecule has 0 unspecified atom stereocenters. The average molecular weight is 218 g/mol. The third kappa shape index (κ3) is 1.13. The second-order valence-electron chi connectivity index (χ2n) is 3.51. The predicted molar refractivity (Wildman–Crippen MR) is 55.8 cm³/mol. The smallest absolute Gasteiger partial charge is 0.305 e. The lowest BCUT2D eigenvalue weighted by Crippen LogP contribution is -2.17. The van der Waals surface area contributed by atoms with E-state index in [1.165, 1.54) is 16.6 Å². The fourth-order valence-electron chi connectivity index (χ4n) is 1.71. The molecule has 2 aromatic heterocycles. The molecule has 0 fully saturated rings. The van der Waals surface area contributed by atoms with Crippen LogP contribution in [0.2, 0.25) is 0 Å². The molecular formula is C10H7FN4O. The van der Waals surface area contributed by atoms with Gasteiger partial charge in [0.15, 0.2) is 5.65 Å². The molecule has 6 heteroatoms. The van der Waals surface area contributed by atoms with Crippen LogP contribution in [-0.2, 0) is 0 Å². The zero-order chi connectivity index (χ0) is 11.3. The number of aryl methyl sites for hydroxylation is 1. The number of hydrogen-bond donors (Lipinski definition) is 1. The molecule has 0 bridgehead atoms. The van der Waals surface area contributed by atoms with Gasteiger partial charge in [0.05, 0.1) is 5.52 Å². The van der Waals surface area contributed by atoms with Crippen LogP contribution >= 0.6 is 0 Å². The highest BCUT2D eigenvalue weighted by atomic mass is 19.1. The van der Waals surface area contributed by atoms with Gasteiger partial charge < -0.3 is 4.98 Å². The van der Waals surface area contributed by atoms with E-state index in [9.17, 15) is 9.18 Å². The number of nitrogens with one attached hydrogen (secondary N) is 1. The summed E-state index contributed by atoms with van der Waals surface area (Å²) in [5, 5.41) is 4.62. The van der Waals surface area contributed by atoms with Crippen molar-refractivity contribution >= 4 is 16.6 Å². The zero-order valence-corrected chi connectivity index (χ0v) is 8.36. The maximum absolute atomic E-state index is 13.0. The van der Waals surface area contributed by atoms with E-state index in [0.29, 0.717) is 22.4 Å². The summed E-state index contributed by atoms with van der Waals surface area (Å²) in [6.07, 6.45) is 0. The van der Waals surface area contributed by atoms with Gasteiger partial charge in [-0.3, -0.25) is 0 Å². The molecule has 2 heterocycles. The first-order valence-electron chi connectivity index (χ1n) is 4.70. The summed E-state index contributed by atoms with van der Waals surface area (Å²) in [7, 11) is 0. The van der Waals surface area contributed by atoms with Crippen molar-refractivity contribution in [2.24, 2.45) is 0 Å². The Kier molecular flexibility index (Phi) is 1.62. The zero-order valence-electron chi connectivity index (χ0n) is 8.36. The third-order valence-corrected chi connectivity index (χ3v) is 2.37. The molecule has 5 nitrogen and oxygen atoms in total. The highest BCUT2D eigenvalue weighted by Gasteiger charge is 2.08. The van der Waals surface area contributed by atoms with Gasteiger partial charge in [0.1, 0.15) is 11.6 Å². The lowest BCUT2D eigenvalue weighted by Gasteiger charge is -1.98. The van der Waals surface area contributed by atoms with Crippen LogP contribution in [0.1, 0.15) is 5.82 Å². The van der Waals surface area contributed by atoms with E-state index in [-0.39, 0.29) is 0 Å². The van der Waals surface area contributed by atoms with E-state index < -0.39 is 11.5 Å². The first kappa shape index (κ1) is 9.02. The maximum atomic E-state index is 13.0. The Hall–Kier alpha value is -2.24. The van der Waals surface area contributed by atoms with Crippen LogP contribution in [0.4, 0.5) is 4.39 Å². The molecule has 0 amide bonds. The third-order valence-electron chi connectivity index (χ3n) is 2.37. The van der Waals surface area contributed by atoms with E-state index in [1.54, 1.807) is 13.0 Å². The summed E-state index contributed by atoms with van der Waals surface area (Å²) in [5.74, 6) is 0.103. The second kappa shape index (κ2) is 2.88. The molecule has 0 spiro atoms. The van der Waals surface area contributed by atoms with Crippen molar-refractivity contribution in [3.8, 4) is 0 Å². The summed E-state index contributed by atoms with van der Waals surface area (Å²) in [4.78, 5) is 18.3. The van der Waals surface area contributed by atoms with Crippen molar-refractivity contribution in [3.05, 3.63) is 40.3 Å². The minimum Gasteiger partial charge on any atom is -0.305 e. The Balaban J connectivity index is 2.63. The van der Waals surface area contributed by atoms with E-state index in [0.717, 1.165) is 0 Å². The first-order chi connectivity index (χ1) is 7.65. The van der Waals surface area contributed by atoms with Crippen molar-refractivity contribution in [2.75, 3.05) is 0 Å². The summed E-state index contributed by atoms with van der Waals surface area (Å²) in [6.45, 7) is 1.70. The van der Waals surface area contributed by atoms with Gasteiger partial charge >= 0.3 is 5.69 Å². The molecule has 80 valence electrons. The second-order valence-corrected chi connectivity index (χ2v) is 3.51. The topological polar surface area (TPSA) is 63.0 Å². The number of rotatable bonds is 0. The van der Waals surface area contributed by atoms with Crippen molar-refractivity contribution in [1.82, 2.24) is 19.6 Å². The van der Waals surface area contributed by atoms with Gasteiger partial charge in [-0.2, -0.15) is 4.52 Å². The van der Waals surface area contributed by atoms with E-state index in [4.69, 9.17) is 0 Å². The first-order valence-corrected chi connectivity index (χ1v) is 4.70.